The molecule has 0 radical (unpaired) electrons. The summed E-state index contributed by atoms with van der Waals surface area (Å²) < 4.78 is 16.3. The minimum absolute atomic E-state index is 0.0413. The first-order valence-corrected chi connectivity index (χ1v) is 13.7. The maximum atomic E-state index is 13.0. The van der Waals surface area contributed by atoms with E-state index in [4.69, 9.17) is 19.2 Å². The molecule has 41 heavy (non-hydrogen) atoms. The Morgan fingerprint density at radius 1 is 1.02 bits per heavy atom. The molecule has 1 aromatic carbocycles. The van der Waals surface area contributed by atoms with E-state index in [1.807, 2.05) is 23.1 Å². The number of rotatable bonds is 7. The second kappa shape index (κ2) is 11.8. The van der Waals surface area contributed by atoms with E-state index in [-0.39, 0.29) is 29.3 Å². The van der Waals surface area contributed by atoms with Gasteiger partial charge in [-0.25, -0.2) is 24.7 Å². The van der Waals surface area contributed by atoms with Gasteiger partial charge in [-0.1, -0.05) is 18.2 Å². The summed E-state index contributed by atoms with van der Waals surface area (Å²) in [5, 5.41) is 3.48. The molecule has 3 aromatic heterocycles. The van der Waals surface area contributed by atoms with Gasteiger partial charge in [0.1, 0.15) is 23.2 Å². The van der Waals surface area contributed by atoms with Crippen molar-refractivity contribution >= 4 is 28.7 Å². The lowest BCUT2D eigenvalue weighted by atomic mass is 9.99. The Kier molecular flexibility index (Phi) is 7.68. The van der Waals surface area contributed by atoms with Crippen LogP contribution in [0.2, 0.25) is 0 Å². The first-order chi connectivity index (χ1) is 20.1. The number of hydrogen-bond acceptors (Lipinski definition) is 10. The SMILES string of the molecule is COc1ncc(-c2ccc3ncnc(N[C@H]4CCN(C(=O)C5CCOCC5)C4)c3n2)cc1C(=O)Oc1ccccc1. The van der Waals surface area contributed by atoms with Gasteiger partial charge in [-0.2, -0.15) is 0 Å². The fourth-order valence-electron chi connectivity index (χ4n) is 5.23. The highest BCUT2D eigenvalue weighted by atomic mass is 16.5. The third kappa shape index (κ3) is 5.80. The van der Waals surface area contributed by atoms with Crippen LogP contribution in [0, 0.1) is 5.92 Å². The summed E-state index contributed by atoms with van der Waals surface area (Å²) in [4.78, 5) is 45.9. The number of hydrogen-bond donors (Lipinski definition) is 1. The summed E-state index contributed by atoms with van der Waals surface area (Å²) >= 11 is 0. The molecule has 1 atom stereocenters. The van der Waals surface area contributed by atoms with Crippen molar-refractivity contribution in [3.8, 4) is 22.9 Å². The largest absolute Gasteiger partial charge is 0.480 e. The molecule has 2 saturated heterocycles. The van der Waals surface area contributed by atoms with Crippen LogP contribution in [0.1, 0.15) is 29.6 Å². The Morgan fingerprint density at radius 3 is 2.66 bits per heavy atom. The molecule has 2 fully saturated rings. The highest BCUT2D eigenvalue weighted by Crippen LogP contribution is 2.28. The van der Waals surface area contributed by atoms with Crippen LogP contribution in [0.5, 0.6) is 11.6 Å². The summed E-state index contributed by atoms with van der Waals surface area (Å²) in [7, 11) is 1.45. The van der Waals surface area contributed by atoms with Crippen LogP contribution >= 0.6 is 0 Å². The van der Waals surface area contributed by atoms with Gasteiger partial charge in [-0.05, 0) is 49.6 Å². The van der Waals surface area contributed by atoms with Crippen molar-refractivity contribution in [1.82, 2.24) is 24.8 Å². The molecule has 1 amide bonds. The number of esters is 1. The number of carbonyl (C=O) groups is 2. The second-order valence-electron chi connectivity index (χ2n) is 10.1. The van der Waals surface area contributed by atoms with Crippen LogP contribution in [0.4, 0.5) is 5.82 Å². The summed E-state index contributed by atoms with van der Waals surface area (Å²) in [6.45, 7) is 2.60. The Balaban J connectivity index is 1.23. The molecule has 4 aromatic rings. The molecule has 0 bridgehead atoms. The molecule has 5 heterocycles. The van der Waals surface area contributed by atoms with Crippen molar-refractivity contribution in [3.63, 3.8) is 0 Å². The van der Waals surface area contributed by atoms with Crippen LogP contribution in [-0.2, 0) is 9.53 Å². The zero-order chi connectivity index (χ0) is 28.2. The summed E-state index contributed by atoms with van der Waals surface area (Å²) in [6.07, 6.45) is 5.47. The fourth-order valence-corrected chi connectivity index (χ4v) is 5.23. The number of pyridine rings is 2. The number of methoxy groups -OCH3 is 1. The standard InChI is InChI=1S/C30H30N6O5/c1-39-28-23(30(38)41-22-5-3-2-4-6-22)15-20(16-31-28)24-7-8-25-26(35-24)27(33-18-32-25)34-21-9-12-36(17-21)29(37)19-10-13-40-14-11-19/h2-8,15-16,18-19,21H,9-14,17H2,1H3,(H,32,33,34)/t21-/m0/s1. The number of anilines is 1. The van der Waals surface area contributed by atoms with E-state index in [1.54, 1.807) is 36.5 Å². The maximum absolute atomic E-state index is 13.0. The van der Waals surface area contributed by atoms with Crippen LogP contribution in [-0.4, -0.2) is 76.2 Å². The normalized spacial score (nSPS) is 17.4. The van der Waals surface area contributed by atoms with Gasteiger partial charge in [0.25, 0.3) is 0 Å². The third-order valence-corrected chi connectivity index (χ3v) is 7.41. The molecule has 2 aliphatic rings. The van der Waals surface area contributed by atoms with Gasteiger partial charge in [0.05, 0.1) is 18.3 Å². The number of ether oxygens (including phenoxy) is 3. The Hall–Kier alpha value is -4.64. The van der Waals surface area contributed by atoms with E-state index in [0.29, 0.717) is 60.2 Å². The van der Waals surface area contributed by atoms with Gasteiger partial charge in [0, 0.05) is 50.0 Å². The lowest BCUT2D eigenvalue weighted by Gasteiger charge is -2.26. The molecular weight excluding hydrogens is 524 g/mol. The van der Waals surface area contributed by atoms with Gasteiger partial charge in [-0.3, -0.25) is 4.79 Å². The van der Waals surface area contributed by atoms with Crippen molar-refractivity contribution in [3.05, 3.63) is 66.6 Å². The van der Waals surface area contributed by atoms with E-state index in [2.05, 4.69) is 20.3 Å². The zero-order valence-electron chi connectivity index (χ0n) is 22.7. The molecular formula is C30H30N6O5. The van der Waals surface area contributed by atoms with E-state index in [0.717, 1.165) is 19.3 Å². The molecule has 1 N–H and O–H groups in total. The predicted octanol–water partition coefficient (Wildman–Crippen LogP) is 3.75. The minimum Gasteiger partial charge on any atom is -0.480 e. The smallest absolute Gasteiger partial charge is 0.349 e. The van der Waals surface area contributed by atoms with Crippen molar-refractivity contribution in [2.24, 2.45) is 5.92 Å². The lowest BCUT2D eigenvalue weighted by molar-refractivity contribution is -0.137. The van der Waals surface area contributed by atoms with Gasteiger partial charge >= 0.3 is 5.97 Å². The van der Waals surface area contributed by atoms with Crippen LogP contribution in [0.3, 0.4) is 0 Å². The fraction of sp³-hybridized carbons (Fsp3) is 0.333. The molecule has 0 saturated carbocycles. The first kappa shape index (κ1) is 26.6. The van der Waals surface area contributed by atoms with Crippen LogP contribution < -0.4 is 14.8 Å². The third-order valence-electron chi connectivity index (χ3n) is 7.41. The Morgan fingerprint density at radius 2 is 1.85 bits per heavy atom. The predicted molar refractivity (Wildman–Crippen MR) is 151 cm³/mol. The van der Waals surface area contributed by atoms with Gasteiger partial charge in [0.2, 0.25) is 11.8 Å². The van der Waals surface area contributed by atoms with Crippen LogP contribution in [0.15, 0.2) is 61.1 Å². The highest BCUT2D eigenvalue weighted by Gasteiger charge is 2.32. The number of nitrogens with one attached hydrogen (secondary N) is 1. The van der Waals surface area contributed by atoms with Gasteiger partial charge in [0.15, 0.2) is 5.82 Å². The number of fused-ring (bicyclic) bond motifs is 1. The number of amides is 1. The molecule has 0 aliphatic carbocycles. The molecule has 11 heteroatoms. The maximum Gasteiger partial charge on any atom is 0.349 e. The van der Waals surface area contributed by atoms with E-state index in [1.165, 1.54) is 13.4 Å². The molecule has 11 nitrogen and oxygen atoms in total. The van der Waals surface area contributed by atoms with Crippen molar-refractivity contribution in [2.45, 2.75) is 25.3 Å². The van der Waals surface area contributed by atoms with Gasteiger partial charge < -0.3 is 24.4 Å². The topological polar surface area (TPSA) is 129 Å². The summed E-state index contributed by atoms with van der Waals surface area (Å²) in [5.41, 5.74) is 2.63. The zero-order valence-corrected chi connectivity index (χ0v) is 22.7. The molecule has 210 valence electrons. The van der Waals surface area contributed by atoms with Crippen molar-refractivity contribution < 1.29 is 23.8 Å². The highest BCUT2D eigenvalue weighted by molar-refractivity contribution is 5.95. The number of para-hydroxylation sites is 1. The minimum atomic E-state index is -0.588. The molecule has 0 spiro atoms. The number of benzene rings is 1. The second-order valence-corrected chi connectivity index (χ2v) is 10.1. The van der Waals surface area contributed by atoms with Crippen molar-refractivity contribution in [1.29, 1.82) is 0 Å². The average Bonchev–Trinajstić information content (AvgIpc) is 3.49. The van der Waals surface area contributed by atoms with E-state index in [9.17, 15) is 9.59 Å². The van der Waals surface area contributed by atoms with Crippen LogP contribution in [0.25, 0.3) is 22.3 Å². The Labute approximate surface area is 236 Å². The van der Waals surface area contributed by atoms with Crippen molar-refractivity contribution in [2.75, 3.05) is 38.7 Å². The number of carbonyl (C=O) groups excluding carboxylic acids is 2. The average molecular weight is 555 g/mol. The van der Waals surface area contributed by atoms with E-state index >= 15 is 0 Å². The quantitative estimate of drug-likeness (QED) is 0.266. The van der Waals surface area contributed by atoms with E-state index < -0.39 is 5.97 Å². The van der Waals surface area contributed by atoms with Gasteiger partial charge in [-0.15, -0.1) is 0 Å². The Bertz CT molecular complexity index is 1560. The first-order valence-electron chi connectivity index (χ1n) is 13.7. The summed E-state index contributed by atoms with van der Waals surface area (Å²) in [6, 6.07) is 14.2. The molecule has 2 aliphatic heterocycles. The summed E-state index contributed by atoms with van der Waals surface area (Å²) in [5.74, 6) is 0.824. The monoisotopic (exact) mass is 554 g/mol. The lowest BCUT2D eigenvalue weighted by Crippen LogP contribution is -2.38. The number of nitrogens with zero attached hydrogens (tertiary/aromatic N) is 5. The molecule has 6 rings (SSSR count). The molecule has 0 unspecified atom stereocenters. The number of aromatic nitrogens is 4. The number of likely N-dealkylation sites (tertiary alicyclic amines) is 1.